The van der Waals surface area contributed by atoms with Crippen LogP contribution in [0.1, 0.15) is 26.3 Å². The molecule has 199 valence electrons. The van der Waals surface area contributed by atoms with Crippen LogP contribution in [0.3, 0.4) is 0 Å². The summed E-state index contributed by atoms with van der Waals surface area (Å²) >= 11 is 0. The molecule has 0 unspecified atom stereocenters. The van der Waals surface area contributed by atoms with E-state index in [1.807, 2.05) is 65.7 Å². The fourth-order valence-electron chi connectivity index (χ4n) is 4.62. The van der Waals surface area contributed by atoms with E-state index in [4.69, 9.17) is 26.0 Å². The van der Waals surface area contributed by atoms with Crippen LogP contribution in [-0.4, -0.2) is 36.8 Å². The molecule has 5 rings (SSSR count). The van der Waals surface area contributed by atoms with Crippen LogP contribution in [0.2, 0.25) is 0 Å². The molecule has 1 heterocycles. The summed E-state index contributed by atoms with van der Waals surface area (Å²) in [5.74, 6) is -1.30. The van der Waals surface area contributed by atoms with Gasteiger partial charge in [-0.1, -0.05) is 72.8 Å². The minimum atomic E-state index is -0.824. The second kappa shape index (κ2) is 13.4. The first kappa shape index (κ1) is 29.0. The zero-order chi connectivity index (χ0) is 27.2. The first-order chi connectivity index (χ1) is 19.0. The Morgan fingerprint density at radius 1 is 0.675 bits per heavy atom. The van der Waals surface area contributed by atoms with Crippen LogP contribution in [0.15, 0.2) is 114 Å². The van der Waals surface area contributed by atoms with Gasteiger partial charge in [-0.2, -0.15) is 5.10 Å². The van der Waals surface area contributed by atoms with Gasteiger partial charge in [-0.15, -0.1) is 0 Å². The molecule has 0 aromatic heterocycles. The summed E-state index contributed by atoms with van der Waals surface area (Å²) in [4.78, 5) is 23.8. The van der Waals surface area contributed by atoms with E-state index in [-0.39, 0.29) is 69.0 Å². The maximum atomic E-state index is 11.9. The number of nitrogens with one attached hydrogen (secondary N) is 2. The normalized spacial score (nSPS) is 16.0. The van der Waals surface area contributed by atoms with Crippen LogP contribution in [-0.2, 0) is 32.7 Å². The third kappa shape index (κ3) is 6.41. The van der Waals surface area contributed by atoms with Crippen LogP contribution in [0.4, 0.5) is 5.69 Å². The quantitative estimate of drug-likeness (QED) is 0.206. The maximum Gasteiger partial charge on any atom is 0.128 e. The number of anilines is 1. The van der Waals surface area contributed by atoms with E-state index >= 15 is 0 Å². The van der Waals surface area contributed by atoms with E-state index in [0.29, 0.717) is 11.5 Å². The second-order valence-corrected chi connectivity index (χ2v) is 8.98. The summed E-state index contributed by atoms with van der Waals surface area (Å²) in [7, 11) is 0. The van der Waals surface area contributed by atoms with Gasteiger partial charge in [-0.25, -0.2) is 0 Å². The molecule has 40 heavy (non-hydrogen) atoms. The fourth-order valence-corrected chi connectivity index (χ4v) is 4.62. The van der Waals surface area contributed by atoms with E-state index in [2.05, 4.69) is 0 Å². The minimum absolute atomic E-state index is 0. The molecule has 0 bridgehead atoms. The number of carbonyl (C=O) groups excluding carboxylic acids is 2. The van der Waals surface area contributed by atoms with Crippen LogP contribution >= 0.6 is 0 Å². The van der Waals surface area contributed by atoms with E-state index in [1.54, 1.807) is 48.5 Å². The number of ether oxygens (including phenoxy) is 2. The van der Waals surface area contributed by atoms with Gasteiger partial charge in [-0.3, -0.25) is 5.01 Å². The molecule has 9 heteroatoms. The molecule has 1 aliphatic rings. The summed E-state index contributed by atoms with van der Waals surface area (Å²) in [6, 6.07) is 32.5. The third-order valence-electron chi connectivity index (χ3n) is 6.53. The Hall–Kier alpha value is -4.01. The Kier molecular flexibility index (Phi) is 9.69. The average Bonchev–Trinajstić information content (AvgIpc) is 3.34. The van der Waals surface area contributed by atoms with Gasteiger partial charge < -0.3 is 30.5 Å². The molecule has 8 nitrogen and oxygen atoms in total. The minimum Gasteiger partial charge on any atom is -0.663 e. The summed E-state index contributed by atoms with van der Waals surface area (Å²) in [6.07, 6.45) is 0. The molecule has 0 aliphatic carbocycles. The Morgan fingerprint density at radius 3 is 1.70 bits per heavy atom. The van der Waals surface area contributed by atoms with Crippen molar-refractivity contribution in [3.05, 3.63) is 137 Å². The molecule has 1 aliphatic heterocycles. The first-order valence-corrected chi connectivity index (χ1v) is 12.5. The number of rotatable bonds is 10. The molecule has 0 saturated heterocycles. The second-order valence-electron chi connectivity index (χ2n) is 8.98. The number of hydrazone groups is 1. The van der Waals surface area contributed by atoms with Crippen molar-refractivity contribution in [1.29, 1.82) is 0 Å². The summed E-state index contributed by atoms with van der Waals surface area (Å²) in [6.45, 7) is 0.306. The van der Waals surface area contributed by atoms with Gasteiger partial charge >= 0.3 is 0 Å². The van der Waals surface area contributed by atoms with Gasteiger partial charge in [0, 0.05) is 43.8 Å². The smallest absolute Gasteiger partial charge is 0.128 e. The molecular formula is C31H26N4O4Y-2. The van der Waals surface area contributed by atoms with Crippen molar-refractivity contribution in [2.24, 2.45) is 11.0 Å². The fraction of sp³-hybridized carbons (Fsp3) is 0.129. The molecule has 0 spiro atoms. The molecule has 2 amide bonds. The van der Waals surface area contributed by atoms with Gasteiger partial charge in [0.05, 0.1) is 41.8 Å². The van der Waals surface area contributed by atoms with Crippen molar-refractivity contribution in [3.8, 4) is 11.5 Å². The number of hydrogen-bond donors (Lipinski definition) is 0. The van der Waals surface area contributed by atoms with Crippen molar-refractivity contribution < 1.29 is 51.8 Å². The average molecular weight is 607 g/mol. The van der Waals surface area contributed by atoms with Gasteiger partial charge in [0.15, 0.2) is 0 Å². The van der Waals surface area contributed by atoms with Crippen molar-refractivity contribution in [2.45, 2.75) is 6.04 Å². The standard InChI is InChI=1S/C31H28N4O4.Y/c32-30(36)23-15-7-9-17-27(23)38-19-25-26(20-39-28-18-10-8-16-24(28)31(33)37)35(22-13-5-2-6-14-22)34-29(25)21-11-3-1-4-12-21;/h1-18,25-26H,19-20H2,(H4,32,33,36,37);/p-2/t25-,26+;/m0./s1. The zero-order valence-corrected chi connectivity index (χ0v) is 24.4. The van der Waals surface area contributed by atoms with Crippen molar-refractivity contribution in [2.75, 3.05) is 18.2 Å². The molecule has 4 aromatic carbocycles. The Morgan fingerprint density at radius 2 is 1.15 bits per heavy atom. The first-order valence-electron chi connectivity index (χ1n) is 12.5. The van der Waals surface area contributed by atoms with E-state index in [9.17, 15) is 9.59 Å². The molecule has 0 fully saturated rings. The van der Waals surface area contributed by atoms with Crippen LogP contribution < -0.4 is 14.5 Å². The van der Waals surface area contributed by atoms with Gasteiger partial charge in [0.25, 0.3) is 0 Å². The summed E-state index contributed by atoms with van der Waals surface area (Å²) in [5.41, 5.74) is 18.1. The Balaban J connectivity index is 0.00000370. The van der Waals surface area contributed by atoms with Crippen molar-refractivity contribution >= 4 is 23.2 Å². The van der Waals surface area contributed by atoms with Crippen molar-refractivity contribution in [1.82, 2.24) is 0 Å². The monoisotopic (exact) mass is 607 g/mol. The van der Waals surface area contributed by atoms with E-state index < -0.39 is 11.8 Å². The van der Waals surface area contributed by atoms with E-state index in [0.717, 1.165) is 17.0 Å². The summed E-state index contributed by atoms with van der Waals surface area (Å²) in [5, 5.41) is 6.90. The number of benzene rings is 4. The van der Waals surface area contributed by atoms with Gasteiger partial charge in [0.2, 0.25) is 0 Å². The number of hydrogen-bond acceptors (Lipinski definition) is 6. The SMILES string of the molecule is [NH-]C(=O)c1ccccc1OC[C@@H]1C(c2ccccc2)=NN(c2ccccc2)[C@@H]1COc1ccccc1C([NH-])=O.[Y]. The largest absolute Gasteiger partial charge is 0.663 e. The van der Waals surface area contributed by atoms with Crippen LogP contribution in [0.5, 0.6) is 11.5 Å². The van der Waals surface area contributed by atoms with Gasteiger partial charge in [0.1, 0.15) is 18.1 Å². The van der Waals surface area contributed by atoms with Crippen LogP contribution in [0, 0.1) is 5.92 Å². The molecule has 4 aromatic rings. The Labute approximate surface area is 257 Å². The predicted molar refractivity (Wildman–Crippen MR) is 150 cm³/mol. The topological polar surface area (TPSA) is 116 Å². The third-order valence-corrected chi connectivity index (χ3v) is 6.53. The molecule has 2 N–H and O–H groups in total. The molecule has 0 saturated carbocycles. The van der Waals surface area contributed by atoms with E-state index in [1.165, 1.54) is 0 Å². The molecular weight excluding hydrogens is 581 g/mol. The molecule has 1 radical (unpaired) electrons. The van der Waals surface area contributed by atoms with Crippen molar-refractivity contribution in [3.63, 3.8) is 0 Å². The number of carbonyl (C=O) groups is 2. The summed E-state index contributed by atoms with van der Waals surface area (Å²) < 4.78 is 12.3. The van der Waals surface area contributed by atoms with Gasteiger partial charge in [-0.05, 0) is 42.0 Å². The number of para-hydroxylation sites is 3. The predicted octanol–water partition coefficient (Wildman–Crippen LogP) is 6.44. The maximum absolute atomic E-state index is 11.9. The number of amides is 2. The Bertz CT molecular complexity index is 1500. The zero-order valence-electron chi connectivity index (χ0n) is 21.6. The molecule has 2 atom stereocenters. The van der Waals surface area contributed by atoms with Crippen LogP contribution in [0.25, 0.3) is 11.5 Å². The number of nitrogens with zero attached hydrogens (tertiary/aromatic N) is 2.